The molecular weight excluding hydrogens is 229 g/mol. The maximum atomic E-state index is 12.5. The van der Waals surface area contributed by atoms with E-state index in [1.165, 1.54) is 4.90 Å². The van der Waals surface area contributed by atoms with Gasteiger partial charge in [-0.15, -0.1) is 0 Å². The highest BCUT2D eigenvalue weighted by Crippen LogP contribution is 2.34. The first-order chi connectivity index (χ1) is 7.99. The number of alkyl halides is 3. The molecule has 0 bridgehead atoms. The van der Waals surface area contributed by atoms with Crippen molar-refractivity contribution >= 4 is 5.69 Å². The summed E-state index contributed by atoms with van der Waals surface area (Å²) in [6.45, 7) is -0.470. The smallest absolute Gasteiger partial charge is 0.360 e. The number of nitrogens with zero attached hydrogens (tertiary/aromatic N) is 1. The van der Waals surface area contributed by atoms with Gasteiger partial charge in [-0.3, -0.25) is 0 Å². The zero-order chi connectivity index (χ0) is 12.5. The number of anilines is 1. The minimum atomic E-state index is -4.16. The van der Waals surface area contributed by atoms with Crippen LogP contribution in [0.25, 0.3) is 0 Å². The van der Waals surface area contributed by atoms with Crippen LogP contribution in [0.15, 0.2) is 24.3 Å². The second-order valence-corrected chi connectivity index (χ2v) is 4.34. The third-order valence-corrected chi connectivity index (χ3v) is 2.84. The van der Waals surface area contributed by atoms with Crippen LogP contribution >= 0.6 is 0 Å². The molecule has 1 aromatic carbocycles. The Kier molecular flexibility index (Phi) is 3.28. The number of rotatable bonds is 4. The van der Waals surface area contributed by atoms with Crippen LogP contribution in [0.3, 0.4) is 0 Å². The molecule has 5 heteroatoms. The molecule has 0 saturated heterocycles. The zero-order valence-electron chi connectivity index (χ0n) is 9.37. The molecule has 2 nitrogen and oxygen atoms in total. The van der Waals surface area contributed by atoms with Crippen LogP contribution in [0.4, 0.5) is 18.9 Å². The normalized spacial score (nSPS) is 16.0. The molecule has 17 heavy (non-hydrogen) atoms. The Labute approximate surface area is 98.2 Å². The number of hydrogen-bond donors (Lipinski definition) is 1. The number of hydrogen-bond acceptors (Lipinski definition) is 2. The summed E-state index contributed by atoms with van der Waals surface area (Å²) >= 11 is 0. The molecule has 1 aromatic rings. The van der Waals surface area contributed by atoms with Crippen LogP contribution in [-0.4, -0.2) is 18.8 Å². The lowest BCUT2D eigenvalue weighted by Gasteiger charge is -2.26. The van der Waals surface area contributed by atoms with E-state index >= 15 is 0 Å². The second kappa shape index (κ2) is 4.56. The van der Waals surface area contributed by atoms with E-state index < -0.39 is 12.7 Å². The van der Waals surface area contributed by atoms with Crippen molar-refractivity contribution in [1.29, 1.82) is 0 Å². The van der Waals surface area contributed by atoms with Crippen molar-refractivity contribution in [2.75, 3.05) is 11.4 Å². The Bertz CT molecular complexity index is 368. The van der Waals surface area contributed by atoms with Crippen molar-refractivity contribution in [3.8, 4) is 0 Å². The fraction of sp³-hybridized carbons (Fsp3) is 0.500. The average Bonchev–Trinajstić information content (AvgIpc) is 3.09. The Balaban J connectivity index is 2.14. The monoisotopic (exact) mass is 244 g/mol. The third kappa shape index (κ3) is 3.36. The van der Waals surface area contributed by atoms with Gasteiger partial charge in [0.25, 0.3) is 0 Å². The lowest BCUT2D eigenvalue weighted by molar-refractivity contribution is -0.120. The minimum Gasteiger partial charge on any atom is -0.360 e. The molecule has 94 valence electrons. The molecule has 0 heterocycles. The van der Waals surface area contributed by atoms with Gasteiger partial charge >= 0.3 is 6.18 Å². The second-order valence-electron chi connectivity index (χ2n) is 4.34. The minimum absolute atomic E-state index is 0.0420. The molecule has 0 radical (unpaired) electrons. The molecule has 0 unspecified atom stereocenters. The highest BCUT2D eigenvalue weighted by molar-refractivity contribution is 5.50. The first kappa shape index (κ1) is 12.2. The van der Waals surface area contributed by atoms with Crippen LogP contribution < -0.4 is 10.6 Å². The van der Waals surface area contributed by atoms with Gasteiger partial charge < -0.3 is 10.6 Å². The molecule has 2 N–H and O–H groups in total. The molecule has 0 aromatic heterocycles. The van der Waals surface area contributed by atoms with Crippen LogP contribution in [0.5, 0.6) is 0 Å². The Morgan fingerprint density at radius 3 is 2.18 bits per heavy atom. The lowest BCUT2D eigenvalue weighted by atomic mass is 10.2. The van der Waals surface area contributed by atoms with Gasteiger partial charge in [0.15, 0.2) is 0 Å². The van der Waals surface area contributed by atoms with Crippen molar-refractivity contribution in [2.45, 2.75) is 31.6 Å². The van der Waals surface area contributed by atoms with E-state index in [1.54, 1.807) is 24.3 Å². The zero-order valence-corrected chi connectivity index (χ0v) is 9.37. The first-order valence-corrected chi connectivity index (χ1v) is 5.62. The summed E-state index contributed by atoms with van der Waals surface area (Å²) in [5.74, 6) is 0. The quantitative estimate of drug-likeness (QED) is 0.882. The summed E-state index contributed by atoms with van der Waals surface area (Å²) in [4.78, 5) is 1.43. The molecule has 1 aliphatic carbocycles. The highest BCUT2D eigenvalue weighted by atomic mass is 19.4. The predicted molar refractivity (Wildman–Crippen MR) is 60.8 cm³/mol. The van der Waals surface area contributed by atoms with Gasteiger partial charge in [0.05, 0.1) is 0 Å². The van der Waals surface area contributed by atoms with Crippen LogP contribution in [-0.2, 0) is 6.54 Å². The maximum Gasteiger partial charge on any atom is 0.405 e. The van der Waals surface area contributed by atoms with E-state index in [2.05, 4.69) is 0 Å². The predicted octanol–water partition coefficient (Wildman–Crippen LogP) is 2.68. The molecule has 0 spiro atoms. The van der Waals surface area contributed by atoms with E-state index in [0.29, 0.717) is 12.2 Å². The molecule has 1 saturated carbocycles. The lowest BCUT2D eigenvalue weighted by Crippen LogP contribution is -2.35. The molecule has 0 amide bonds. The van der Waals surface area contributed by atoms with Gasteiger partial charge in [-0.1, -0.05) is 12.1 Å². The molecule has 1 fully saturated rings. The van der Waals surface area contributed by atoms with Crippen molar-refractivity contribution < 1.29 is 13.2 Å². The molecule has 0 aliphatic heterocycles. The fourth-order valence-corrected chi connectivity index (χ4v) is 1.83. The van der Waals surface area contributed by atoms with Gasteiger partial charge in [0.1, 0.15) is 6.54 Å². The highest BCUT2D eigenvalue weighted by Gasteiger charge is 2.38. The third-order valence-electron chi connectivity index (χ3n) is 2.84. The summed E-state index contributed by atoms with van der Waals surface area (Å²) in [6.07, 6.45) is -2.47. The number of halogens is 3. The standard InChI is InChI=1S/C12H15F3N2/c13-12(14,15)8-17(11-5-6-11)10-3-1-9(7-16)2-4-10/h1-4,11H,5-8,16H2. The summed E-state index contributed by atoms with van der Waals surface area (Å²) in [5.41, 5.74) is 7.01. The van der Waals surface area contributed by atoms with Gasteiger partial charge in [0.2, 0.25) is 0 Å². The van der Waals surface area contributed by atoms with Crippen LogP contribution in [0.2, 0.25) is 0 Å². The van der Waals surface area contributed by atoms with Gasteiger partial charge in [-0.05, 0) is 30.5 Å². The molecule has 2 rings (SSSR count). The van der Waals surface area contributed by atoms with E-state index in [1.807, 2.05) is 0 Å². The van der Waals surface area contributed by atoms with Crippen molar-refractivity contribution in [2.24, 2.45) is 5.73 Å². The maximum absolute atomic E-state index is 12.5. The van der Waals surface area contributed by atoms with E-state index in [0.717, 1.165) is 18.4 Å². The first-order valence-electron chi connectivity index (χ1n) is 5.62. The number of benzene rings is 1. The van der Waals surface area contributed by atoms with Crippen molar-refractivity contribution in [1.82, 2.24) is 0 Å². The Morgan fingerprint density at radius 2 is 1.76 bits per heavy atom. The average molecular weight is 244 g/mol. The summed E-state index contributed by atoms with van der Waals surface area (Å²) in [7, 11) is 0. The van der Waals surface area contributed by atoms with Gasteiger partial charge in [0, 0.05) is 18.3 Å². The Morgan fingerprint density at radius 1 is 1.18 bits per heavy atom. The van der Waals surface area contributed by atoms with E-state index in [-0.39, 0.29) is 6.04 Å². The number of nitrogens with two attached hydrogens (primary N) is 1. The van der Waals surface area contributed by atoms with Crippen molar-refractivity contribution in [3.63, 3.8) is 0 Å². The van der Waals surface area contributed by atoms with Crippen LogP contribution in [0, 0.1) is 0 Å². The molecule has 1 aliphatic rings. The Hall–Kier alpha value is -1.23. The molecule has 0 atom stereocenters. The largest absolute Gasteiger partial charge is 0.405 e. The summed E-state index contributed by atoms with van der Waals surface area (Å²) in [5, 5.41) is 0. The van der Waals surface area contributed by atoms with E-state index in [9.17, 15) is 13.2 Å². The van der Waals surface area contributed by atoms with Crippen molar-refractivity contribution in [3.05, 3.63) is 29.8 Å². The van der Waals surface area contributed by atoms with Gasteiger partial charge in [-0.2, -0.15) is 13.2 Å². The summed E-state index contributed by atoms with van der Waals surface area (Å²) < 4.78 is 37.4. The topological polar surface area (TPSA) is 29.3 Å². The SMILES string of the molecule is NCc1ccc(N(CC(F)(F)F)C2CC2)cc1. The van der Waals surface area contributed by atoms with Crippen LogP contribution in [0.1, 0.15) is 18.4 Å². The summed E-state index contributed by atoms with van der Waals surface area (Å²) in [6, 6.07) is 7.03. The fourth-order valence-electron chi connectivity index (χ4n) is 1.83. The molecular formula is C12H15F3N2. The van der Waals surface area contributed by atoms with E-state index in [4.69, 9.17) is 5.73 Å². The van der Waals surface area contributed by atoms with Gasteiger partial charge in [-0.25, -0.2) is 0 Å².